The van der Waals surface area contributed by atoms with E-state index in [1.807, 2.05) is 31.2 Å². The average molecular weight is 417 g/mol. The summed E-state index contributed by atoms with van der Waals surface area (Å²) in [5.41, 5.74) is 0.883. The lowest BCUT2D eigenvalue weighted by Gasteiger charge is -2.21. The molecule has 0 N–H and O–H groups in total. The predicted octanol–water partition coefficient (Wildman–Crippen LogP) is 2.99. The Bertz CT molecular complexity index is 906. The molecule has 0 atom stereocenters. The number of thiophene rings is 1. The zero-order chi connectivity index (χ0) is 20.8. The third-order valence-electron chi connectivity index (χ3n) is 4.38. The average Bonchev–Trinajstić information content (AvgIpc) is 3.16. The van der Waals surface area contributed by atoms with Gasteiger partial charge in [-0.2, -0.15) is 0 Å². The van der Waals surface area contributed by atoms with Crippen LogP contribution in [0.25, 0.3) is 0 Å². The molecule has 1 aliphatic rings. The van der Waals surface area contributed by atoms with Gasteiger partial charge in [0, 0.05) is 24.9 Å². The van der Waals surface area contributed by atoms with E-state index in [9.17, 15) is 14.4 Å². The zero-order valence-corrected chi connectivity index (χ0v) is 17.3. The summed E-state index contributed by atoms with van der Waals surface area (Å²) in [4.78, 5) is 39.3. The highest BCUT2D eigenvalue weighted by molar-refractivity contribution is 7.14. The second-order valence-corrected chi connectivity index (χ2v) is 8.01. The van der Waals surface area contributed by atoms with Gasteiger partial charge in [0.1, 0.15) is 13.2 Å². The van der Waals surface area contributed by atoms with Gasteiger partial charge in [-0.25, -0.2) is 0 Å². The Morgan fingerprint density at radius 1 is 1.07 bits per heavy atom. The van der Waals surface area contributed by atoms with E-state index in [4.69, 9.17) is 14.2 Å². The fourth-order valence-electron chi connectivity index (χ4n) is 2.80. The maximum Gasteiger partial charge on any atom is 0.306 e. The molecule has 29 heavy (non-hydrogen) atoms. The number of rotatable bonds is 8. The van der Waals surface area contributed by atoms with Crippen LogP contribution in [0.4, 0.5) is 0 Å². The van der Waals surface area contributed by atoms with E-state index in [0.29, 0.717) is 36.1 Å². The lowest BCUT2D eigenvalue weighted by Crippen LogP contribution is -2.31. The Labute approximate surface area is 173 Å². The van der Waals surface area contributed by atoms with Crippen molar-refractivity contribution in [3.63, 3.8) is 0 Å². The number of hydrogen-bond acceptors (Lipinski definition) is 7. The van der Waals surface area contributed by atoms with E-state index < -0.39 is 5.97 Å². The van der Waals surface area contributed by atoms with Gasteiger partial charge in [-0.3, -0.25) is 14.4 Å². The van der Waals surface area contributed by atoms with Crippen molar-refractivity contribution in [2.75, 3.05) is 26.9 Å². The summed E-state index contributed by atoms with van der Waals surface area (Å²) in [6, 6.07) is 9.13. The van der Waals surface area contributed by atoms with Gasteiger partial charge in [0.2, 0.25) is 0 Å². The van der Waals surface area contributed by atoms with Gasteiger partial charge >= 0.3 is 5.97 Å². The molecule has 0 fully saturated rings. The molecule has 1 aromatic heterocycles. The maximum absolute atomic E-state index is 12.2. The first-order valence-corrected chi connectivity index (χ1v) is 10.1. The number of nitrogens with zero attached hydrogens (tertiary/aromatic N) is 1. The Balaban J connectivity index is 1.41. The molecule has 0 spiro atoms. The number of ketones is 1. The quantitative estimate of drug-likeness (QED) is 0.485. The molecule has 2 heterocycles. The molecule has 0 bridgehead atoms. The fourth-order valence-corrected chi connectivity index (χ4v) is 3.63. The van der Waals surface area contributed by atoms with Gasteiger partial charge in [-0.15, -0.1) is 11.3 Å². The summed E-state index contributed by atoms with van der Waals surface area (Å²) >= 11 is 1.40. The molecular formula is C21H23NO6S. The number of likely N-dealkylation sites (N-methyl/N-ethyl adjacent to an activating group) is 1. The third kappa shape index (κ3) is 5.80. The highest BCUT2D eigenvalue weighted by Gasteiger charge is 2.17. The minimum Gasteiger partial charge on any atom is -0.486 e. The normalized spacial score (nSPS) is 12.3. The number of aryl methyl sites for hydroxylation is 1. The molecule has 1 aromatic carbocycles. The molecule has 8 heteroatoms. The van der Waals surface area contributed by atoms with Crippen molar-refractivity contribution < 1.29 is 28.6 Å². The lowest BCUT2D eigenvalue weighted by atomic mass is 10.2. The van der Waals surface area contributed by atoms with Crippen LogP contribution in [0.1, 0.15) is 33.0 Å². The number of Topliss-reactive ketones (excluding diaryl/α,β-unsaturated/α-hetero) is 1. The summed E-state index contributed by atoms with van der Waals surface area (Å²) in [6.45, 7) is 2.93. The van der Waals surface area contributed by atoms with E-state index in [-0.39, 0.29) is 31.1 Å². The largest absolute Gasteiger partial charge is 0.486 e. The molecule has 0 saturated carbocycles. The van der Waals surface area contributed by atoms with E-state index in [0.717, 1.165) is 10.4 Å². The van der Waals surface area contributed by atoms with Crippen LogP contribution in [0.15, 0.2) is 30.3 Å². The van der Waals surface area contributed by atoms with E-state index in [2.05, 4.69) is 0 Å². The number of fused-ring (bicyclic) bond motifs is 1. The number of carbonyl (C=O) groups is 3. The summed E-state index contributed by atoms with van der Waals surface area (Å²) in [5.74, 6) is 0.366. The van der Waals surface area contributed by atoms with E-state index in [1.54, 1.807) is 13.1 Å². The van der Waals surface area contributed by atoms with E-state index in [1.165, 1.54) is 16.2 Å². The molecule has 0 aliphatic carbocycles. The highest BCUT2D eigenvalue weighted by Crippen LogP contribution is 2.31. The number of esters is 1. The smallest absolute Gasteiger partial charge is 0.306 e. The molecule has 1 amide bonds. The molecule has 0 saturated heterocycles. The second-order valence-electron chi connectivity index (χ2n) is 6.72. The van der Waals surface area contributed by atoms with Gasteiger partial charge in [-0.05, 0) is 36.8 Å². The summed E-state index contributed by atoms with van der Waals surface area (Å²) in [7, 11) is 1.63. The minimum atomic E-state index is -0.562. The minimum absolute atomic E-state index is 0.0467. The Kier molecular flexibility index (Phi) is 6.87. The molecule has 0 radical (unpaired) electrons. The monoisotopic (exact) mass is 417 g/mol. The Hall–Kier alpha value is -2.87. The van der Waals surface area contributed by atoms with Crippen molar-refractivity contribution >= 4 is 29.0 Å². The van der Waals surface area contributed by atoms with Crippen LogP contribution in [0.3, 0.4) is 0 Å². The van der Waals surface area contributed by atoms with Crippen LogP contribution < -0.4 is 9.47 Å². The van der Waals surface area contributed by atoms with Crippen LogP contribution >= 0.6 is 11.3 Å². The van der Waals surface area contributed by atoms with Gasteiger partial charge < -0.3 is 19.1 Å². The summed E-state index contributed by atoms with van der Waals surface area (Å²) in [6.07, 6.45) is 0.0228. The molecule has 7 nitrogen and oxygen atoms in total. The molecule has 0 unspecified atom stereocenters. The van der Waals surface area contributed by atoms with Crippen molar-refractivity contribution in [1.29, 1.82) is 0 Å². The first kappa shape index (κ1) is 20.9. The van der Waals surface area contributed by atoms with Crippen molar-refractivity contribution in [3.8, 4) is 11.5 Å². The SMILES string of the molecule is Cc1ccc(C(=O)CCC(=O)OCC(=O)N(C)Cc2ccc3c(c2)OCCO3)s1. The van der Waals surface area contributed by atoms with Crippen molar-refractivity contribution in [3.05, 3.63) is 45.6 Å². The van der Waals surface area contributed by atoms with Gasteiger partial charge in [-0.1, -0.05) is 6.07 Å². The Morgan fingerprint density at radius 3 is 2.55 bits per heavy atom. The van der Waals surface area contributed by atoms with Crippen LogP contribution in [0, 0.1) is 6.92 Å². The molecular weight excluding hydrogens is 394 g/mol. The zero-order valence-electron chi connectivity index (χ0n) is 16.4. The number of amides is 1. The van der Waals surface area contributed by atoms with Crippen molar-refractivity contribution in [2.45, 2.75) is 26.3 Å². The van der Waals surface area contributed by atoms with Crippen molar-refractivity contribution in [1.82, 2.24) is 4.90 Å². The molecule has 3 rings (SSSR count). The molecule has 2 aromatic rings. The third-order valence-corrected chi connectivity index (χ3v) is 5.42. The van der Waals surface area contributed by atoms with Crippen LogP contribution in [0.5, 0.6) is 11.5 Å². The van der Waals surface area contributed by atoms with Crippen LogP contribution in [0.2, 0.25) is 0 Å². The number of hydrogen-bond donors (Lipinski definition) is 0. The van der Waals surface area contributed by atoms with Crippen molar-refractivity contribution in [2.24, 2.45) is 0 Å². The van der Waals surface area contributed by atoms with Gasteiger partial charge in [0.05, 0.1) is 11.3 Å². The molecule has 154 valence electrons. The van der Waals surface area contributed by atoms with Gasteiger partial charge in [0.15, 0.2) is 23.9 Å². The predicted molar refractivity (Wildman–Crippen MR) is 107 cm³/mol. The maximum atomic E-state index is 12.2. The topological polar surface area (TPSA) is 82.1 Å². The summed E-state index contributed by atoms with van der Waals surface area (Å²) < 4.78 is 16.0. The fraction of sp³-hybridized carbons (Fsp3) is 0.381. The Morgan fingerprint density at radius 2 is 1.83 bits per heavy atom. The van der Waals surface area contributed by atoms with Crippen LogP contribution in [-0.4, -0.2) is 49.4 Å². The van der Waals surface area contributed by atoms with Gasteiger partial charge in [0.25, 0.3) is 5.91 Å². The number of carbonyl (C=O) groups excluding carboxylic acids is 3. The standard InChI is InChI=1S/C21H23NO6S/c1-14-3-7-19(29-14)16(23)5-8-21(25)28-13-20(24)22(2)12-15-4-6-17-18(11-15)27-10-9-26-17/h3-4,6-7,11H,5,8-10,12-13H2,1-2H3. The first-order chi connectivity index (χ1) is 13.9. The number of benzene rings is 1. The number of ether oxygens (including phenoxy) is 3. The van der Waals surface area contributed by atoms with Crippen LogP contribution in [-0.2, 0) is 20.9 Å². The molecule has 1 aliphatic heterocycles. The lowest BCUT2D eigenvalue weighted by molar-refractivity contribution is -0.151. The highest BCUT2D eigenvalue weighted by atomic mass is 32.1. The first-order valence-electron chi connectivity index (χ1n) is 9.30. The second kappa shape index (κ2) is 9.56. The summed E-state index contributed by atoms with van der Waals surface area (Å²) in [5, 5.41) is 0. The van der Waals surface area contributed by atoms with E-state index >= 15 is 0 Å².